The van der Waals surface area contributed by atoms with Crippen molar-refractivity contribution in [3.05, 3.63) is 23.1 Å². The second kappa shape index (κ2) is 2.92. The molecule has 2 heterocycles. The number of nitrogens with zero attached hydrogens (tertiary/aromatic N) is 2. The van der Waals surface area contributed by atoms with Gasteiger partial charge in [-0.15, -0.1) is 0 Å². The number of imidazole rings is 1. The topological polar surface area (TPSA) is 33.6 Å². The summed E-state index contributed by atoms with van der Waals surface area (Å²) >= 11 is 5.19. The molecule has 0 aliphatic rings. The van der Waals surface area contributed by atoms with E-state index < -0.39 is 0 Å². The van der Waals surface area contributed by atoms with Crippen molar-refractivity contribution in [1.82, 2.24) is 14.5 Å². The quantitative estimate of drug-likeness (QED) is 0.674. The summed E-state index contributed by atoms with van der Waals surface area (Å²) in [5.41, 5.74) is 1.89. The number of hydrogen-bond acceptors (Lipinski definition) is 2. The second-order valence-electron chi connectivity index (χ2n) is 4.32. The van der Waals surface area contributed by atoms with Gasteiger partial charge in [0.1, 0.15) is 11.2 Å². The highest BCUT2D eigenvalue weighted by atomic mass is 32.1. The lowest BCUT2D eigenvalue weighted by atomic mass is 10.1. The standard InChI is InChI=1S/C10H13N3S/c1-10(2,3)13-6-12-8-7(14)4-5-11-9(8)13/h4-6H,1-3H3,(H,11,14). The van der Waals surface area contributed by atoms with Crippen molar-refractivity contribution < 1.29 is 0 Å². The highest BCUT2D eigenvalue weighted by Crippen LogP contribution is 2.20. The van der Waals surface area contributed by atoms with Crippen LogP contribution >= 0.6 is 12.2 Å². The van der Waals surface area contributed by atoms with E-state index in [4.69, 9.17) is 12.2 Å². The Hall–Kier alpha value is -1.16. The molecule has 0 radical (unpaired) electrons. The van der Waals surface area contributed by atoms with Crippen LogP contribution in [0.25, 0.3) is 11.2 Å². The van der Waals surface area contributed by atoms with E-state index in [9.17, 15) is 0 Å². The molecule has 0 amide bonds. The van der Waals surface area contributed by atoms with E-state index >= 15 is 0 Å². The Morgan fingerprint density at radius 3 is 2.79 bits per heavy atom. The zero-order chi connectivity index (χ0) is 10.3. The molecule has 0 saturated heterocycles. The maximum Gasteiger partial charge on any atom is 0.139 e. The normalized spacial score (nSPS) is 12.2. The predicted molar refractivity (Wildman–Crippen MR) is 59.9 cm³/mol. The lowest BCUT2D eigenvalue weighted by molar-refractivity contribution is 0.406. The first-order valence-corrected chi connectivity index (χ1v) is 4.96. The van der Waals surface area contributed by atoms with E-state index in [1.807, 2.05) is 18.6 Å². The Labute approximate surface area is 87.8 Å². The van der Waals surface area contributed by atoms with Gasteiger partial charge in [0.2, 0.25) is 0 Å². The minimum absolute atomic E-state index is 0.0222. The lowest BCUT2D eigenvalue weighted by Gasteiger charge is -2.21. The summed E-state index contributed by atoms with van der Waals surface area (Å²) in [6.07, 6.45) is 3.69. The van der Waals surface area contributed by atoms with Gasteiger partial charge in [0.05, 0.1) is 10.8 Å². The molecule has 2 aromatic rings. The third-order valence-corrected chi connectivity index (χ3v) is 2.51. The fourth-order valence-corrected chi connectivity index (χ4v) is 1.67. The van der Waals surface area contributed by atoms with Crippen molar-refractivity contribution in [3.8, 4) is 0 Å². The molecule has 0 aromatic carbocycles. The van der Waals surface area contributed by atoms with Gasteiger partial charge in [0.15, 0.2) is 0 Å². The second-order valence-corrected chi connectivity index (χ2v) is 4.76. The van der Waals surface area contributed by atoms with E-state index in [-0.39, 0.29) is 5.54 Å². The fraction of sp³-hybridized carbons (Fsp3) is 0.400. The largest absolute Gasteiger partial charge is 0.346 e. The van der Waals surface area contributed by atoms with Crippen LogP contribution in [0.15, 0.2) is 18.6 Å². The first kappa shape index (κ1) is 9.40. The maximum atomic E-state index is 5.19. The summed E-state index contributed by atoms with van der Waals surface area (Å²) in [4.78, 5) is 7.49. The van der Waals surface area contributed by atoms with Crippen LogP contribution in [0.2, 0.25) is 0 Å². The molecule has 0 aliphatic carbocycles. The number of hydrogen-bond donors (Lipinski definition) is 1. The van der Waals surface area contributed by atoms with Gasteiger partial charge in [-0.25, -0.2) is 4.98 Å². The monoisotopic (exact) mass is 207 g/mol. The average molecular weight is 207 g/mol. The number of fused-ring (bicyclic) bond motifs is 1. The van der Waals surface area contributed by atoms with Crippen LogP contribution in [-0.4, -0.2) is 14.5 Å². The third kappa shape index (κ3) is 1.35. The molecule has 0 spiro atoms. The van der Waals surface area contributed by atoms with E-state index in [0.717, 1.165) is 15.7 Å². The van der Waals surface area contributed by atoms with E-state index in [1.54, 1.807) is 0 Å². The van der Waals surface area contributed by atoms with Crippen molar-refractivity contribution in [2.75, 3.05) is 0 Å². The van der Waals surface area contributed by atoms with Crippen LogP contribution < -0.4 is 0 Å². The van der Waals surface area contributed by atoms with Crippen LogP contribution in [0.4, 0.5) is 0 Å². The SMILES string of the molecule is CC(C)(C)n1cnc2c(=S)cc[nH]c21. The van der Waals surface area contributed by atoms with E-state index in [1.165, 1.54) is 0 Å². The zero-order valence-electron chi connectivity index (χ0n) is 8.53. The summed E-state index contributed by atoms with van der Waals surface area (Å²) in [6, 6.07) is 1.86. The van der Waals surface area contributed by atoms with E-state index in [0.29, 0.717) is 0 Å². The summed E-state index contributed by atoms with van der Waals surface area (Å²) in [7, 11) is 0. The number of aromatic amines is 1. The number of pyridine rings is 1. The molecule has 0 fully saturated rings. The molecule has 0 bridgehead atoms. The Kier molecular flexibility index (Phi) is 1.96. The van der Waals surface area contributed by atoms with E-state index in [2.05, 4.69) is 35.3 Å². The van der Waals surface area contributed by atoms with Crippen LogP contribution in [-0.2, 0) is 5.54 Å². The average Bonchev–Trinajstić information content (AvgIpc) is 2.47. The first-order valence-electron chi connectivity index (χ1n) is 4.55. The fourth-order valence-electron chi connectivity index (χ4n) is 1.45. The molecule has 74 valence electrons. The van der Waals surface area contributed by atoms with Crippen LogP contribution in [0.1, 0.15) is 20.8 Å². The molecule has 0 aliphatic heterocycles. The van der Waals surface area contributed by atoms with Gasteiger partial charge < -0.3 is 9.55 Å². The first-order chi connectivity index (χ1) is 6.50. The van der Waals surface area contributed by atoms with Crippen molar-refractivity contribution in [1.29, 1.82) is 0 Å². The predicted octanol–water partition coefficient (Wildman–Crippen LogP) is 2.85. The summed E-state index contributed by atoms with van der Waals surface area (Å²) in [5, 5.41) is 0. The van der Waals surface area contributed by atoms with Gasteiger partial charge in [-0.1, -0.05) is 12.2 Å². The number of H-pyrrole nitrogens is 1. The van der Waals surface area contributed by atoms with Crippen molar-refractivity contribution in [2.45, 2.75) is 26.3 Å². The van der Waals surface area contributed by atoms with Gasteiger partial charge in [0.25, 0.3) is 0 Å². The number of aromatic nitrogens is 3. The van der Waals surface area contributed by atoms with Crippen LogP contribution in [0, 0.1) is 4.51 Å². The molecule has 0 unspecified atom stereocenters. The van der Waals surface area contributed by atoms with Crippen LogP contribution in [0.3, 0.4) is 0 Å². The minimum Gasteiger partial charge on any atom is -0.346 e. The van der Waals surface area contributed by atoms with Crippen molar-refractivity contribution in [2.24, 2.45) is 0 Å². The Bertz CT molecular complexity index is 516. The van der Waals surface area contributed by atoms with Gasteiger partial charge in [-0.3, -0.25) is 0 Å². The summed E-state index contributed by atoms with van der Waals surface area (Å²) in [6.45, 7) is 6.41. The molecular formula is C10H13N3S. The molecule has 1 N–H and O–H groups in total. The maximum absolute atomic E-state index is 5.19. The molecule has 2 rings (SSSR count). The van der Waals surface area contributed by atoms with Crippen molar-refractivity contribution in [3.63, 3.8) is 0 Å². The summed E-state index contributed by atoms with van der Waals surface area (Å²) < 4.78 is 2.89. The number of rotatable bonds is 0. The highest BCUT2D eigenvalue weighted by molar-refractivity contribution is 7.71. The molecule has 0 atom stereocenters. The molecule has 4 heteroatoms. The highest BCUT2D eigenvalue weighted by Gasteiger charge is 2.16. The van der Waals surface area contributed by atoms with Crippen molar-refractivity contribution >= 4 is 23.4 Å². The van der Waals surface area contributed by atoms with Gasteiger partial charge >= 0.3 is 0 Å². The number of nitrogens with one attached hydrogen (secondary N) is 1. The third-order valence-electron chi connectivity index (χ3n) is 2.18. The molecule has 14 heavy (non-hydrogen) atoms. The zero-order valence-corrected chi connectivity index (χ0v) is 9.35. The van der Waals surface area contributed by atoms with Gasteiger partial charge in [-0.05, 0) is 26.8 Å². The molecule has 3 nitrogen and oxygen atoms in total. The van der Waals surface area contributed by atoms with Gasteiger partial charge in [-0.2, -0.15) is 0 Å². The Balaban J connectivity index is 2.83. The minimum atomic E-state index is 0.0222. The molecular weight excluding hydrogens is 194 g/mol. The molecule has 0 saturated carbocycles. The summed E-state index contributed by atoms with van der Waals surface area (Å²) in [5.74, 6) is 0. The Morgan fingerprint density at radius 2 is 2.14 bits per heavy atom. The van der Waals surface area contributed by atoms with Crippen LogP contribution in [0.5, 0.6) is 0 Å². The lowest BCUT2D eigenvalue weighted by Crippen LogP contribution is -2.20. The molecule has 2 aromatic heterocycles. The van der Waals surface area contributed by atoms with Gasteiger partial charge in [0, 0.05) is 11.7 Å². The smallest absolute Gasteiger partial charge is 0.139 e. The Morgan fingerprint density at radius 1 is 1.43 bits per heavy atom.